The Balaban J connectivity index is 1.65. The van der Waals surface area contributed by atoms with E-state index in [1.165, 1.54) is 17.3 Å². The van der Waals surface area contributed by atoms with Crippen LogP contribution < -0.4 is 10.1 Å². The number of hydrogen-bond donors (Lipinski definition) is 2. The SMILES string of the molecule is OC(CNCC1CSCCS1)COc1cc(Cl)ccc1Cl. The number of ether oxygens (including phenoxy) is 1. The van der Waals surface area contributed by atoms with Crippen molar-refractivity contribution in [3.05, 3.63) is 28.2 Å². The van der Waals surface area contributed by atoms with Gasteiger partial charge in [0.25, 0.3) is 0 Å². The maximum absolute atomic E-state index is 9.92. The van der Waals surface area contributed by atoms with Crippen molar-refractivity contribution in [1.29, 1.82) is 0 Å². The van der Waals surface area contributed by atoms with E-state index in [4.69, 9.17) is 27.9 Å². The molecule has 21 heavy (non-hydrogen) atoms. The van der Waals surface area contributed by atoms with Gasteiger partial charge in [0, 0.05) is 46.7 Å². The molecule has 2 N–H and O–H groups in total. The van der Waals surface area contributed by atoms with Crippen LogP contribution >= 0.6 is 46.7 Å². The number of thioether (sulfide) groups is 2. The van der Waals surface area contributed by atoms with Crippen LogP contribution in [0.4, 0.5) is 0 Å². The van der Waals surface area contributed by atoms with Gasteiger partial charge in [-0.3, -0.25) is 0 Å². The molecular weight excluding hydrogens is 349 g/mol. The summed E-state index contributed by atoms with van der Waals surface area (Å²) in [7, 11) is 0. The molecule has 0 spiro atoms. The normalized spacial score (nSPS) is 20.2. The molecule has 0 saturated carbocycles. The van der Waals surface area contributed by atoms with Crippen LogP contribution in [-0.4, -0.2) is 53.4 Å². The van der Waals surface area contributed by atoms with Crippen LogP contribution in [0, 0.1) is 0 Å². The van der Waals surface area contributed by atoms with Crippen molar-refractivity contribution in [2.24, 2.45) is 0 Å². The summed E-state index contributed by atoms with van der Waals surface area (Å²) in [5, 5.41) is 14.9. The first-order chi connectivity index (χ1) is 10.1. The molecule has 2 unspecified atom stereocenters. The molecule has 1 aromatic rings. The van der Waals surface area contributed by atoms with Gasteiger partial charge in [-0.15, -0.1) is 0 Å². The van der Waals surface area contributed by atoms with Crippen LogP contribution in [0.1, 0.15) is 0 Å². The smallest absolute Gasteiger partial charge is 0.139 e. The molecule has 1 aromatic carbocycles. The highest BCUT2D eigenvalue weighted by Crippen LogP contribution is 2.27. The Morgan fingerprint density at radius 3 is 3.00 bits per heavy atom. The second kappa shape index (κ2) is 9.38. The third-order valence-corrected chi connectivity index (χ3v) is 6.35. The summed E-state index contributed by atoms with van der Waals surface area (Å²) in [6, 6.07) is 5.04. The van der Waals surface area contributed by atoms with E-state index in [0.717, 1.165) is 6.54 Å². The fraction of sp³-hybridized carbons (Fsp3) is 0.571. The lowest BCUT2D eigenvalue weighted by Crippen LogP contribution is -2.36. The second-order valence-electron chi connectivity index (χ2n) is 4.77. The zero-order valence-corrected chi connectivity index (χ0v) is 14.7. The lowest BCUT2D eigenvalue weighted by atomic mass is 10.3. The highest BCUT2D eigenvalue weighted by atomic mass is 35.5. The van der Waals surface area contributed by atoms with E-state index in [9.17, 15) is 5.11 Å². The minimum atomic E-state index is -0.568. The van der Waals surface area contributed by atoms with Gasteiger partial charge in [0.05, 0.1) is 5.02 Å². The molecule has 1 aliphatic rings. The highest BCUT2D eigenvalue weighted by Gasteiger charge is 2.14. The van der Waals surface area contributed by atoms with E-state index in [1.54, 1.807) is 18.2 Å². The van der Waals surface area contributed by atoms with Gasteiger partial charge >= 0.3 is 0 Å². The molecule has 1 aliphatic heterocycles. The van der Waals surface area contributed by atoms with Crippen molar-refractivity contribution in [1.82, 2.24) is 5.32 Å². The summed E-state index contributed by atoms with van der Waals surface area (Å²) in [6.45, 7) is 1.63. The molecule has 1 saturated heterocycles. The summed E-state index contributed by atoms with van der Waals surface area (Å²) >= 11 is 15.9. The third-order valence-electron chi connectivity index (χ3n) is 2.96. The lowest BCUT2D eigenvalue weighted by Gasteiger charge is -2.22. The summed E-state index contributed by atoms with van der Waals surface area (Å²) in [5.41, 5.74) is 0. The Morgan fingerprint density at radius 1 is 1.38 bits per heavy atom. The molecule has 1 heterocycles. The van der Waals surface area contributed by atoms with Gasteiger partial charge in [-0.1, -0.05) is 23.2 Å². The zero-order valence-electron chi connectivity index (χ0n) is 11.6. The van der Waals surface area contributed by atoms with Crippen LogP contribution in [0.3, 0.4) is 0 Å². The van der Waals surface area contributed by atoms with Gasteiger partial charge in [-0.25, -0.2) is 0 Å². The molecular formula is C14H19Cl2NO2S2. The fourth-order valence-electron chi connectivity index (χ4n) is 1.90. The molecule has 0 bridgehead atoms. The van der Waals surface area contributed by atoms with Crippen LogP contribution in [0.2, 0.25) is 10.0 Å². The Kier molecular flexibility index (Phi) is 7.85. The van der Waals surface area contributed by atoms with E-state index in [0.29, 0.717) is 27.6 Å². The minimum absolute atomic E-state index is 0.194. The lowest BCUT2D eigenvalue weighted by molar-refractivity contribution is 0.107. The molecule has 2 atom stereocenters. The Hall–Kier alpha value is 0.220. The van der Waals surface area contributed by atoms with Gasteiger partial charge in [-0.05, 0) is 12.1 Å². The maximum Gasteiger partial charge on any atom is 0.139 e. The second-order valence-corrected chi connectivity index (χ2v) is 8.17. The molecule has 118 valence electrons. The molecule has 2 rings (SSSR count). The van der Waals surface area contributed by atoms with Crippen molar-refractivity contribution in [3.63, 3.8) is 0 Å². The van der Waals surface area contributed by atoms with Crippen LogP contribution in [0.5, 0.6) is 5.75 Å². The maximum atomic E-state index is 9.92. The van der Waals surface area contributed by atoms with Gasteiger partial charge in [-0.2, -0.15) is 23.5 Å². The number of aliphatic hydroxyl groups is 1. The first kappa shape index (κ1) is 17.6. The van der Waals surface area contributed by atoms with E-state index in [1.807, 2.05) is 23.5 Å². The molecule has 0 aliphatic carbocycles. The van der Waals surface area contributed by atoms with Gasteiger partial charge < -0.3 is 15.2 Å². The average Bonchev–Trinajstić information content (AvgIpc) is 2.49. The third kappa shape index (κ3) is 6.47. The van der Waals surface area contributed by atoms with Crippen LogP contribution in [0.15, 0.2) is 18.2 Å². The van der Waals surface area contributed by atoms with E-state index in [-0.39, 0.29) is 6.61 Å². The average molecular weight is 368 g/mol. The molecule has 0 radical (unpaired) electrons. The number of halogens is 2. The van der Waals surface area contributed by atoms with Gasteiger partial charge in [0.15, 0.2) is 0 Å². The quantitative estimate of drug-likeness (QED) is 0.774. The number of benzene rings is 1. The predicted octanol–water partition coefficient (Wildman–Crippen LogP) is 3.17. The standard InChI is InChI=1S/C14H19Cl2NO2S2/c15-10-1-2-13(16)14(5-10)19-8-11(18)6-17-7-12-9-20-3-4-21-12/h1-2,5,11-12,17-18H,3-4,6-9H2. The van der Waals surface area contributed by atoms with Crippen LogP contribution in [-0.2, 0) is 0 Å². The van der Waals surface area contributed by atoms with Gasteiger partial charge in [0.2, 0.25) is 0 Å². The summed E-state index contributed by atoms with van der Waals surface area (Å²) in [6.07, 6.45) is -0.568. The first-order valence-corrected chi connectivity index (χ1v) is 9.77. The van der Waals surface area contributed by atoms with Crippen molar-refractivity contribution >= 4 is 46.7 Å². The molecule has 1 fully saturated rings. The predicted molar refractivity (Wildman–Crippen MR) is 94.4 cm³/mol. The fourth-order valence-corrected chi connectivity index (χ4v) is 4.88. The van der Waals surface area contributed by atoms with Crippen molar-refractivity contribution in [3.8, 4) is 5.75 Å². The van der Waals surface area contributed by atoms with E-state index >= 15 is 0 Å². The highest BCUT2D eigenvalue weighted by molar-refractivity contribution is 8.06. The number of hydrogen-bond acceptors (Lipinski definition) is 5. The Morgan fingerprint density at radius 2 is 2.24 bits per heavy atom. The number of rotatable bonds is 7. The molecule has 0 amide bonds. The number of nitrogens with one attached hydrogen (secondary N) is 1. The van der Waals surface area contributed by atoms with E-state index < -0.39 is 6.10 Å². The van der Waals surface area contributed by atoms with E-state index in [2.05, 4.69) is 5.32 Å². The van der Waals surface area contributed by atoms with Crippen molar-refractivity contribution in [2.75, 3.05) is 37.0 Å². The van der Waals surface area contributed by atoms with Crippen molar-refractivity contribution in [2.45, 2.75) is 11.4 Å². The minimum Gasteiger partial charge on any atom is -0.489 e. The largest absolute Gasteiger partial charge is 0.489 e. The first-order valence-electron chi connectivity index (χ1n) is 6.81. The van der Waals surface area contributed by atoms with Crippen molar-refractivity contribution < 1.29 is 9.84 Å². The summed E-state index contributed by atoms with van der Waals surface area (Å²) in [4.78, 5) is 0. The Labute approximate surface area is 144 Å². The Bertz CT molecular complexity index is 445. The summed E-state index contributed by atoms with van der Waals surface area (Å²) in [5.74, 6) is 4.15. The number of aliphatic hydroxyl groups excluding tert-OH is 1. The topological polar surface area (TPSA) is 41.5 Å². The molecule has 0 aromatic heterocycles. The molecule has 3 nitrogen and oxygen atoms in total. The molecule has 7 heteroatoms. The van der Waals surface area contributed by atoms with Crippen LogP contribution in [0.25, 0.3) is 0 Å². The van der Waals surface area contributed by atoms with Gasteiger partial charge in [0.1, 0.15) is 18.5 Å². The monoisotopic (exact) mass is 367 g/mol. The zero-order chi connectivity index (χ0) is 15.1. The summed E-state index contributed by atoms with van der Waals surface area (Å²) < 4.78 is 5.51.